The van der Waals surface area contributed by atoms with Crippen LogP contribution < -0.4 is 0 Å². The second-order valence-corrected chi connectivity index (χ2v) is 3.32. The predicted octanol–water partition coefficient (Wildman–Crippen LogP) is 2.91. The Bertz CT molecular complexity index is 88.9. The molecule has 1 saturated heterocycles. The molecule has 1 nitrogen and oxygen atoms in total. The second kappa shape index (κ2) is 5.59. The van der Waals surface area contributed by atoms with E-state index >= 15 is 0 Å². The maximum Gasteiger partial charge on any atom is 0.00701 e. The van der Waals surface area contributed by atoms with Crippen LogP contribution in [0.25, 0.3) is 0 Å². The van der Waals surface area contributed by atoms with Crippen molar-refractivity contribution in [2.45, 2.75) is 59.5 Å². The first-order valence-electron chi connectivity index (χ1n) is 4.97. The van der Waals surface area contributed by atoms with Gasteiger partial charge in [0, 0.05) is 12.1 Å². The fourth-order valence-corrected chi connectivity index (χ4v) is 1.72. The molecule has 1 aliphatic rings. The highest BCUT2D eigenvalue weighted by Crippen LogP contribution is 2.18. The highest BCUT2D eigenvalue weighted by atomic mass is 15.2. The van der Waals surface area contributed by atoms with Crippen molar-refractivity contribution in [2.24, 2.45) is 0 Å². The minimum Gasteiger partial charge on any atom is -0.298 e. The minimum atomic E-state index is 0.752. The van der Waals surface area contributed by atoms with Crippen LogP contribution in [0.2, 0.25) is 0 Å². The monoisotopic (exact) mass is 157 g/mol. The van der Waals surface area contributed by atoms with E-state index in [4.69, 9.17) is 0 Å². The first-order chi connectivity index (χ1) is 5.22. The summed E-state index contributed by atoms with van der Waals surface area (Å²) in [6.45, 7) is 12.2. The Kier molecular flexibility index (Phi) is 5.57. The summed E-state index contributed by atoms with van der Waals surface area (Å²) in [5.41, 5.74) is 0. The highest BCUT2D eigenvalue weighted by Gasteiger charge is 2.21. The van der Waals surface area contributed by atoms with Gasteiger partial charge in [0.2, 0.25) is 0 Å². The molecular formula is C10H23N. The summed E-state index contributed by atoms with van der Waals surface area (Å²) in [4.78, 5) is 2.57. The van der Waals surface area contributed by atoms with E-state index in [1.807, 2.05) is 13.8 Å². The molecule has 0 N–H and O–H groups in total. The Morgan fingerprint density at radius 1 is 1.27 bits per heavy atom. The van der Waals surface area contributed by atoms with Crippen molar-refractivity contribution in [3.63, 3.8) is 0 Å². The van der Waals surface area contributed by atoms with Gasteiger partial charge in [-0.3, -0.25) is 4.90 Å². The zero-order valence-electron chi connectivity index (χ0n) is 8.72. The van der Waals surface area contributed by atoms with Gasteiger partial charge in [-0.25, -0.2) is 0 Å². The van der Waals surface area contributed by atoms with Gasteiger partial charge in [0.15, 0.2) is 0 Å². The van der Waals surface area contributed by atoms with E-state index < -0.39 is 0 Å². The Hall–Kier alpha value is -0.0400. The lowest BCUT2D eigenvalue weighted by Gasteiger charge is -2.24. The molecule has 0 aromatic rings. The molecule has 68 valence electrons. The molecule has 0 aromatic heterocycles. The number of likely N-dealkylation sites (tertiary alicyclic amines) is 1. The second-order valence-electron chi connectivity index (χ2n) is 3.32. The van der Waals surface area contributed by atoms with Crippen LogP contribution in [0.1, 0.15) is 47.5 Å². The van der Waals surface area contributed by atoms with E-state index in [0.717, 1.165) is 12.1 Å². The smallest absolute Gasteiger partial charge is 0.00701 e. The molecule has 0 saturated carbocycles. The van der Waals surface area contributed by atoms with Crippen molar-refractivity contribution in [1.29, 1.82) is 0 Å². The number of nitrogens with zero attached hydrogens (tertiary/aromatic N) is 1. The molecule has 1 unspecified atom stereocenters. The van der Waals surface area contributed by atoms with Crippen LogP contribution in [0.5, 0.6) is 0 Å². The lowest BCUT2D eigenvalue weighted by Crippen LogP contribution is -2.33. The fraction of sp³-hybridized carbons (Fsp3) is 1.00. The van der Waals surface area contributed by atoms with E-state index in [1.54, 1.807) is 0 Å². The normalized spacial score (nSPS) is 25.1. The zero-order chi connectivity index (χ0) is 8.85. The van der Waals surface area contributed by atoms with E-state index in [1.165, 1.54) is 19.4 Å². The van der Waals surface area contributed by atoms with Gasteiger partial charge in [0.25, 0.3) is 0 Å². The molecule has 0 spiro atoms. The Labute approximate surface area is 71.8 Å². The summed E-state index contributed by atoms with van der Waals surface area (Å²) in [6, 6.07) is 1.59. The first-order valence-corrected chi connectivity index (χ1v) is 4.97. The van der Waals surface area contributed by atoms with Gasteiger partial charge in [-0.2, -0.15) is 0 Å². The summed E-state index contributed by atoms with van der Waals surface area (Å²) < 4.78 is 0. The molecule has 1 heterocycles. The Morgan fingerprint density at radius 2 is 1.82 bits per heavy atom. The molecule has 0 radical (unpaired) electrons. The van der Waals surface area contributed by atoms with E-state index in [0.29, 0.717) is 0 Å². The third-order valence-electron chi connectivity index (χ3n) is 2.27. The molecule has 1 rings (SSSR count). The van der Waals surface area contributed by atoms with Crippen molar-refractivity contribution >= 4 is 0 Å². The predicted molar refractivity (Wildman–Crippen MR) is 51.9 cm³/mol. The number of hydrogen-bond acceptors (Lipinski definition) is 1. The van der Waals surface area contributed by atoms with Crippen LogP contribution >= 0.6 is 0 Å². The van der Waals surface area contributed by atoms with Gasteiger partial charge >= 0.3 is 0 Å². The topological polar surface area (TPSA) is 3.24 Å². The van der Waals surface area contributed by atoms with Crippen LogP contribution in [-0.4, -0.2) is 23.5 Å². The molecule has 1 fully saturated rings. The Morgan fingerprint density at radius 3 is 2.00 bits per heavy atom. The van der Waals surface area contributed by atoms with Gasteiger partial charge in [0.1, 0.15) is 0 Å². The molecule has 1 aliphatic heterocycles. The first kappa shape index (κ1) is 11.0. The molecule has 0 aromatic carbocycles. The van der Waals surface area contributed by atoms with Gasteiger partial charge in [0.05, 0.1) is 0 Å². The third-order valence-corrected chi connectivity index (χ3v) is 2.27. The van der Waals surface area contributed by atoms with Crippen LogP contribution in [0, 0.1) is 0 Å². The van der Waals surface area contributed by atoms with Gasteiger partial charge in [-0.05, 0) is 40.2 Å². The van der Waals surface area contributed by atoms with Gasteiger partial charge in [-0.15, -0.1) is 0 Å². The average Bonchev–Trinajstić information content (AvgIpc) is 2.39. The van der Waals surface area contributed by atoms with E-state index in [-0.39, 0.29) is 0 Å². The minimum absolute atomic E-state index is 0.752. The lowest BCUT2D eigenvalue weighted by molar-refractivity contribution is 0.216. The molecule has 1 atom stereocenters. The van der Waals surface area contributed by atoms with Crippen molar-refractivity contribution in [3.8, 4) is 0 Å². The van der Waals surface area contributed by atoms with Gasteiger partial charge in [-0.1, -0.05) is 13.8 Å². The highest BCUT2D eigenvalue weighted by molar-refractivity contribution is 4.77. The molecule has 0 bridgehead atoms. The van der Waals surface area contributed by atoms with E-state index in [2.05, 4.69) is 25.7 Å². The molecule has 11 heavy (non-hydrogen) atoms. The molecular weight excluding hydrogens is 134 g/mol. The maximum atomic E-state index is 2.57. The van der Waals surface area contributed by atoms with Crippen molar-refractivity contribution in [2.75, 3.05) is 6.54 Å². The number of rotatable bonds is 1. The quantitative estimate of drug-likeness (QED) is 0.565. The number of hydrogen-bond donors (Lipinski definition) is 0. The summed E-state index contributed by atoms with van der Waals surface area (Å²) in [5, 5.41) is 0. The van der Waals surface area contributed by atoms with Crippen molar-refractivity contribution in [3.05, 3.63) is 0 Å². The SMILES string of the molecule is CC.CC(C)N1CCCC1C. The standard InChI is InChI=1S/C8H17N.C2H6/c1-7(2)9-6-4-5-8(9)3;1-2/h7-8H,4-6H2,1-3H3;1-2H3. The van der Waals surface area contributed by atoms with Crippen molar-refractivity contribution in [1.82, 2.24) is 4.90 Å². The van der Waals surface area contributed by atoms with Crippen molar-refractivity contribution < 1.29 is 0 Å². The maximum absolute atomic E-state index is 2.57. The molecule has 0 aliphatic carbocycles. The van der Waals surface area contributed by atoms with Crippen LogP contribution in [0.4, 0.5) is 0 Å². The van der Waals surface area contributed by atoms with Crippen LogP contribution in [0.3, 0.4) is 0 Å². The molecule has 1 heteroatoms. The average molecular weight is 157 g/mol. The summed E-state index contributed by atoms with van der Waals surface area (Å²) in [7, 11) is 0. The largest absolute Gasteiger partial charge is 0.298 e. The fourth-order valence-electron chi connectivity index (χ4n) is 1.72. The summed E-state index contributed by atoms with van der Waals surface area (Å²) in [6.07, 6.45) is 2.80. The third kappa shape index (κ3) is 3.24. The molecule has 0 amide bonds. The summed E-state index contributed by atoms with van der Waals surface area (Å²) >= 11 is 0. The van der Waals surface area contributed by atoms with Gasteiger partial charge < -0.3 is 0 Å². The zero-order valence-corrected chi connectivity index (χ0v) is 8.72. The Balaban J connectivity index is 0.000000461. The van der Waals surface area contributed by atoms with E-state index in [9.17, 15) is 0 Å². The lowest BCUT2D eigenvalue weighted by atomic mass is 10.2. The van der Waals surface area contributed by atoms with Crippen LogP contribution in [0.15, 0.2) is 0 Å². The van der Waals surface area contributed by atoms with Crippen LogP contribution in [-0.2, 0) is 0 Å². The summed E-state index contributed by atoms with van der Waals surface area (Å²) in [5.74, 6) is 0.